The number of nitrogens with one attached hydrogen (secondary N) is 3. The number of carbonyl (C=O) groups excluding carboxylic acids is 3. The Hall–Kier alpha value is -2.61. The lowest BCUT2D eigenvalue weighted by Gasteiger charge is -2.15. The normalized spacial score (nSPS) is 13.4. The average Bonchev–Trinajstić information content (AvgIpc) is 3.12. The highest BCUT2D eigenvalue weighted by atomic mass is 16.5. The molecular weight excluding hydrogens is 336 g/mol. The molecule has 0 spiro atoms. The van der Waals surface area contributed by atoms with Gasteiger partial charge in [-0.2, -0.15) is 0 Å². The van der Waals surface area contributed by atoms with E-state index in [2.05, 4.69) is 16.0 Å². The molecule has 8 nitrogen and oxygen atoms in total. The molecule has 1 heterocycles. The number of hydrogen-bond donors (Lipinski definition) is 3. The van der Waals surface area contributed by atoms with Crippen molar-refractivity contribution in [2.75, 3.05) is 44.0 Å². The minimum Gasteiger partial charge on any atom is -0.375 e. The molecule has 1 aromatic rings. The Morgan fingerprint density at radius 3 is 2.58 bits per heavy atom. The standard InChI is InChI=1S/C18H26N4O4/c1-13-5-6-14(20-16(23)12-26-2)11-15(13)21-18(25)19-8-7-17(24)22-9-3-4-10-22/h5-6,11H,3-4,7-10,12H2,1-2H3,(H,20,23)(H2,19,21,25). The van der Waals surface area contributed by atoms with E-state index in [9.17, 15) is 14.4 Å². The summed E-state index contributed by atoms with van der Waals surface area (Å²) in [5, 5.41) is 8.12. The molecule has 0 saturated carbocycles. The molecule has 4 amide bonds. The van der Waals surface area contributed by atoms with E-state index in [4.69, 9.17) is 4.74 Å². The predicted octanol–water partition coefficient (Wildman–Crippen LogP) is 1.71. The zero-order valence-electron chi connectivity index (χ0n) is 15.3. The molecule has 142 valence electrons. The molecule has 1 fully saturated rings. The lowest BCUT2D eigenvalue weighted by molar-refractivity contribution is -0.130. The van der Waals surface area contributed by atoms with Crippen LogP contribution in [0.5, 0.6) is 0 Å². The zero-order chi connectivity index (χ0) is 18.9. The van der Waals surface area contributed by atoms with Crippen LogP contribution in [0.1, 0.15) is 24.8 Å². The number of carbonyl (C=O) groups is 3. The highest BCUT2D eigenvalue weighted by Gasteiger charge is 2.17. The number of ether oxygens (including phenoxy) is 1. The van der Waals surface area contributed by atoms with Gasteiger partial charge in [0.25, 0.3) is 0 Å². The Morgan fingerprint density at radius 2 is 1.88 bits per heavy atom. The first-order valence-corrected chi connectivity index (χ1v) is 8.71. The molecule has 0 aliphatic carbocycles. The fraction of sp³-hybridized carbons (Fsp3) is 0.500. The van der Waals surface area contributed by atoms with Crippen LogP contribution in [0.25, 0.3) is 0 Å². The molecule has 0 radical (unpaired) electrons. The van der Waals surface area contributed by atoms with Crippen LogP contribution in [0.2, 0.25) is 0 Å². The maximum Gasteiger partial charge on any atom is 0.319 e. The van der Waals surface area contributed by atoms with Gasteiger partial charge in [0, 0.05) is 44.5 Å². The van der Waals surface area contributed by atoms with Gasteiger partial charge in [-0.05, 0) is 37.5 Å². The van der Waals surface area contributed by atoms with Crippen molar-refractivity contribution < 1.29 is 19.1 Å². The molecule has 8 heteroatoms. The summed E-state index contributed by atoms with van der Waals surface area (Å²) in [6.45, 7) is 3.72. The first-order valence-electron chi connectivity index (χ1n) is 8.71. The van der Waals surface area contributed by atoms with Crippen LogP contribution in [-0.4, -0.2) is 56.1 Å². The van der Waals surface area contributed by atoms with E-state index in [-0.39, 0.29) is 31.0 Å². The quantitative estimate of drug-likeness (QED) is 0.687. The van der Waals surface area contributed by atoms with Crippen molar-refractivity contribution in [2.24, 2.45) is 0 Å². The molecule has 1 saturated heterocycles. The zero-order valence-corrected chi connectivity index (χ0v) is 15.3. The summed E-state index contributed by atoms with van der Waals surface area (Å²) < 4.78 is 4.77. The summed E-state index contributed by atoms with van der Waals surface area (Å²) in [6, 6.07) is 4.84. The van der Waals surface area contributed by atoms with Crippen LogP contribution in [0, 0.1) is 6.92 Å². The summed E-state index contributed by atoms with van der Waals surface area (Å²) in [7, 11) is 1.44. The van der Waals surface area contributed by atoms with Crippen molar-refractivity contribution in [1.82, 2.24) is 10.2 Å². The molecule has 1 aliphatic heterocycles. The minimum absolute atomic E-state index is 0.0395. The van der Waals surface area contributed by atoms with Crippen LogP contribution in [0.15, 0.2) is 18.2 Å². The summed E-state index contributed by atoms with van der Waals surface area (Å²) in [5.41, 5.74) is 2.01. The van der Waals surface area contributed by atoms with E-state index in [1.165, 1.54) is 7.11 Å². The smallest absolute Gasteiger partial charge is 0.319 e. The molecule has 26 heavy (non-hydrogen) atoms. The first-order chi connectivity index (χ1) is 12.5. The third kappa shape index (κ3) is 6.03. The van der Waals surface area contributed by atoms with Crippen molar-refractivity contribution in [3.8, 4) is 0 Å². The summed E-state index contributed by atoms with van der Waals surface area (Å²) in [4.78, 5) is 37.4. The minimum atomic E-state index is -0.386. The maximum atomic E-state index is 12.0. The summed E-state index contributed by atoms with van der Waals surface area (Å²) in [6.07, 6.45) is 2.39. The predicted molar refractivity (Wildman–Crippen MR) is 99.1 cm³/mol. The third-order valence-corrected chi connectivity index (χ3v) is 4.13. The van der Waals surface area contributed by atoms with E-state index in [1.54, 1.807) is 18.2 Å². The first kappa shape index (κ1) is 19.7. The number of methoxy groups -OCH3 is 1. The Labute approximate surface area is 153 Å². The van der Waals surface area contributed by atoms with Crippen LogP contribution in [0.3, 0.4) is 0 Å². The number of nitrogens with zero attached hydrogens (tertiary/aromatic N) is 1. The SMILES string of the molecule is COCC(=O)Nc1ccc(C)c(NC(=O)NCCC(=O)N2CCCC2)c1. The third-order valence-electron chi connectivity index (χ3n) is 4.13. The highest BCUT2D eigenvalue weighted by molar-refractivity contribution is 5.94. The van der Waals surface area contributed by atoms with Crippen LogP contribution >= 0.6 is 0 Å². The Kier molecular flexibility index (Phi) is 7.40. The number of benzene rings is 1. The van der Waals surface area contributed by atoms with Gasteiger partial charge >= 0.3 is 6.03 Å². The second-order valence-electron chi connectivity index (χ2n) is 6.23. The number of hydrogen-bond acceptors (Lipinski definition) is 4. The lowest BCUT2D eigenvalue weighted by atomic mass is 10.2. The van der Waals surface area contributed by atoms with Crippen molar-refractivity contribution in [3.63, 3.8) is 0 Å². The van der Waals surface area contributed by atoms with E-state index < -0.39 is 0 Å². The second-order valence-corrected chi connectivity index (χ2v) is 6.23. The van der Waals surface area contributed by atoms with Gasteiger partial charge in [-0.25, -0.2) is 4.79 Å². The Bertz CT molecular complexity index is 657. The summed E-state index contributed by atoms with van der Waals surface area (Å²) in [5.74, 6) is -0.200. The van der Waals surface area contributed by atoms with Gasteiger partial charge in [0.1, 0.15) is 6.61 Å². The van der Waals surface area contributed by atoms with Gasteiger partial charge < -0.3 is 25.6 Å². The van der Waals surface area contributed by atoms with E-state index in [0.717, 1.165) is 31.5 Å². The van der Waals surface area contributed by atoms with Crippen molar-refractivity contribution in [2.45, 2.75) is 26.2 Å². The van der Waals surface area contributed by atoms with Gasteiger partial charge in [0.15, 0.2) is 0 Å². The lowest BCUT2D eigenvalue weighted by Crippen LogP contribution is -2.34. The van der Waals surface area contributed by atoms with Crippen molar-refractivity contribution in [1.29, 1.82) is 0 Å². The highest BCUT2D eigenvalue weighted by Crippen LogP contribution is 2.20. The molecule has 0 bridgehead atoms. The van der Waals surface area contributed by atoms with Crippen molar-refractivity contribution >= 4 is 29.2 Å². The molecule has 1 aromatic carbocycles. The molecule has 0 aromatic heterocycles. The van der Waals surface area contributed by atoms with Gasteiger partial charge in [0.05, 0.1) is 0 Å². The van der Waals surface area contributed by atoms with Gasteiger partial charge in [0.2, 0.25) is 11.8 Å². The van der Waals surface area contributed by atoms with Crippen LogP contribution < -0.4 is 16.0 Å². The molecule has 1 aliphatic rings. The molecule has 0 atom stereocenters. The molecular formula is C18H26N4O4. The number of anilines is 2. The summed E-state index contributed by atoms with van der Waals surface area (Å²) >= 11 is 0. The largest absolute Gasteiger partial charge is 0.375 e. The molecule has 3 N–H and O–H groups in total. The maximum absolute atomic E-state index is 12.0. The van der Waals surface area contributed by atoms with Gasteiger partial charge in [-0.1, -0.05) is 6.07 Å². The number of amides is 4. The fourth-order valence-electron chi connectivity index (χ4n) is 2.74. The fourth-order valence-corrected chi connectivity index (χ4v) is 2.74. The number of rotatable bonds is 7. The van der Waals surface area contributed by atoms with E-state index in [1.807, 2.05) is 11.8 Å². The number of urea groups is 1. The van der Waals surface area contributed by atoms with Crippen LogP contribution in [0.4, 0.5) is 16.2 Å². The number of aryl methyl sites for hydroxylation is 1. The van der Waals surface area contributed by atoms with E-state index >= 15 is 0 Å². The van der Waals surface area contributed by atoms with Crippen molar-refractivity contribution in [3.05, 3.63) is 23.8 Å². The second kappa shape index (κ2) is 9.76. The van der Waals surface area contributed by atoms with Gasteiger partial charge in [-0.3, -0.25) is 9.59 Å². The van der Waals surface area contributed by atoms with E-state index in [0.29, 0.717) is 17.8 Å². The topological polar surface area (TPSA) is 99.8 Å². The Morgan fingerprint density at radius 1 is 1.15 bits per heavy atom. The average molecular weight is 362 g/mol. The monoisotopic (exact) mass is 362 g/mol. The van der Waals surface area contributed by atoms with Crippen LogP contribution in [-0.2, 0) is 14.3 Å². The van der Waals surface area contributed by atoms with Gasteiger partial charge in [-0.15, -0.1) is 0 Å². The molecule has 2 rings (SSSR count). The number of likely N-dealkylation sites (tertiary alicyclic amines) is 1. The Balaban J connectivity index is 1.81. The molecule has 0 unspecified atom stereocenters.